The highest BCUT2D eigenvalue weighted by Gasteiger charge is 2.20. The minimum absolute atomic E-state index is 0.204. The van der Waals surface area contributed by atoms with Crippen LogP contribution >= 0.6 is 0 Å². The molecular weight excluding hydrogens is 276 g/mol. The highest BCUT2D eigenvalue weighted by atomic mass is 16.3. The molecule has 4 nitrogen and oxygen atoms in total. The van der Waals surface area contributed by atoms with Crippen LogP contribution in [0.2, 0.25) is 0 Å². The van der Waals surface area contributed by atoms with Gasteiger partial charge in [-0.25, -0.2) is 0 Å². The Labute approximate surface area is 129 Å². The van der Waals surface area contributed by atoms with Gasteiger partial charge in [-0.3, -0.25) is 0 Å². The number of nitrogens with zero attached hydrogens (tertiary/aromatic N) is 2. The molecule has 0 fully saturated rings. The van der Waals surface area contributed by atoms with Crippen LogP contribution in [0.3, 0.4) is 0 Å². The lowest BCUT2D eigenvalue weighted by Crippen LogP contribution is -2.12. The number of hydrogen-bond donors (Lipinski definition) is 2. The number of benzene rings is 3. The Hall–Kier alpha value is -2.62. The summed E-state index contributed by atoms with van der Waals surface area (Å²) >= 11 is 0. The molecule has 0 spiro atoms. The summed E-state index contributed by atoms with van der Waals surface area (Å²) in [6.45, 7) is 0. The molecule has 0 radical (unpaired) electrons. The minimum Gasteiger partial charge on any atom is -0.507 e. The molecule has 0 atom stereocenters. The first-order valence-corrected chi connectivity index (χ1v) is 7.17. The lowest BCUT2D eigenvalue weighted by molar-refractivity contribution is 0.478. The third-order valence-electron chi connectivity index (χ3n) is 4.04. The van der Waals surface area contributed by atoms with Crippen LogP contribution in [0.1, 0.15) is 0 Å². The second-order valence-electron chi connectivity index (χ2n) is 5.89. The first-order chi connectivity index (χ1) is 10.4. The van der Waals surface area contributed by atoms with E-state index in [1.165, 1.54) is 0 Å². The summed E-state index contributed by atoms with van der Waals surface area (Å²) in [6.07, 6.45) is 0. The van der Waals surface area contributed by atoms with Crippen molar-refractivity contribution in [2.45, 2.75) is 0 Å². The highest BCUT2D eigenvalue weighted by molar-refractivity contribution is 6.18. The molecule has 3 aromatic carbocycles. The second-order valence-corrected chi connectivity index (χ2v) is 5.89. The number of aromatic hydroxyl groups is 2. The maximum Gasteiger partial charge on any atom is 0.133 e. The average molecular weight is 296 g/mol. The van der Waals surface area contributed by atoms with Gasteiger partial charge in [0.15, 0.2) is 0 Å². The summed E-state index contributed by atoms with van der Waals surface area (Å²) in [5.74, 6) is 0.409. The zero-order valence-electron chi connectivity index (χ0n) is 13.3. The van der Waals surface area contributed by atoms with Gasteiger partial charge in [0.05, 0.1) is 10.8 Å². The fraction of sp³-hybridized carbons (Fsp3) is 0.222. The number of fused-ring (bicyclic) bond motifs is 2. The fourth-order valence-electron chi connectivity index (χ4n) is 2.97. The maximum atomic E-state index is 10.8. The molecular formula is C18H20N2O2. The Balaban J connectivity index is 2.63. The molecule has 4 heteroatoms. The van der Waals surface area contributed by atoms with Crippen molar-refractivity contribution in [3.63, 3.8) is 0 Å². The smallest absolute Gasteiger partial charge is 0.133 e. The molecule has 22 heavy (non-hydrogen) atoms. The van der Waals surface area contributed by atoms with Crippen molar-refractivity contribution in [1.82, 2.24) is 0 Å². The standard InChI is InChI=1S/C18H20N2O2/c1-19(2)13-9-10-14(20(3)4)16-15(13)17(21)11-7-5-6-8-12(11)18(16)22/h5-10,21-22H,1-4H3. The average Bonchev–Trinajstić information content (AvgIpc) is 2.51. The minimum atomic E-state index is 0.204. The third-order valence-corrected chi connectivity index (χ3v) is 4.04. The van der Waals surface area contributed by atoms with E-state index >= 15 is 0 Å². The molecule has 0 heterocycles. The monoisotopic (exact) mass is 296 g/mol. The van der Waals surface area contributed by atoms with E-state index in [1.54, 1.807) is 0 Å². The summed E-state index contributed by atoms with van der Waals surface area (Å²) in [5, 5.41) is 24.3. The van der Waals surface area contributed by atoms with Gasteiger partial charge in [0.1, 0.15) is 11.5 Å². The Morgan fingerprint density at radius 1 is 0.636 bits per heavy atom. The van der Waals surface area contributed by atoms with E-state index in [2.05, 4.69) is 0 Å². The normalized spacial score (nSPS) is 11.1. The van der Waals surface area contributed by atoms with E-state index in [4.69, 9.17) is 0 Å². The molecule has 0 unspecified atom stereocenters. The van der Waals surface area contributed by atoms with E-state index in [0.29, 0.717) is 21.5 Å². The van der Waals surface area contributed by atoms with Crippen molar-refractivity contribution in [1.29, 1.82) is 0 Å². The number of phenolic OH excluding ortho intramolecular Hbond substituents is 2. The molecule has 0 saturated carbocycles. The van der Waals surface area contributed by atoms with E-state index < -0.39 is 0 Å². The number of hydrogen-bond acceptors (Lipinski definition) is 4. The highest BCUT2D eigenvalue weighted by Crippen LogP contribution is 2.48. The Bertz CT molecular complexity index is 798. The molecule has 0 aliphatic rings. The first-order valence-electron chi connectivity index (χ1n) is 7.17. The van der Waals surface area contributed by atoms with Gasteiger partial charge < -0.3 is 20.0 Å². The molecule has 2 N–H and O–H groups in total. The Morgan fingerprint density at radius 3 is 1.32 bits per heavy atom. The van der Waals surface area contributed by atoms with Crippen molar-refractivity contribution in [3.05, 3.63) is 36.4 Å². The number of anilines is 2. The fourth-order valence-corrected chi connectivity index (χ4v) is 2.97. The van der Waals surface area contributed by atoms with E-state index in [0.717, 1.165) is 11.4 Å². The molecule has 114 valence electrons. The maximum absolute atomic E-state index is 10.8. The predicted molar refractivity (Wildman–Crippen MR) is 93.4 cm³/mol. The zero-order chi connectivity index (χ0) is 16.0. The summed E-state index contributed by atoms with van der Waals surface area (Å²) in [7, 11) is 7.71. The summed E-state index contributed by atoms with van der Waals surface area (Å²) < 4.78 is 0. The first kappa shape index (κ1) is 14.3. The van der Waals surface area contributed by atoms with Crippen LogP contribution in [-0.4, -0.2) is 38.4 Å². The Kier molecular flexibility index (Phi) is 3.24. The van der Waals surface area contributed by atoms with Crippen molar-refractivity contribution >= 4 is 32.9 Å². The van der Waals surface area contributed by atoms with Gasteiger partial charge in [-0.05, 0) is 12.1 Å². The van der Waals surface area contributed by atoms with Crippen molar-refractivity contribution < 1.29 is 10.2 Å². The van der Waals surface area contributed by atoms with Gasteiger partial charge in [0.25, 0.3) is 0 Å². The van der Waals surface area contributed by atoms with Gasteiger partial charge in [-0.15, -0.1) is 0 Å². The third kappa shape index (κ3) is 1.91. The quantitative estimate of drug-likeness (QED) is 0.561. The summed E-state index contributed by atoms with van der Waals surface area (Å²) in [4.78, 5) is 3.88. The molecule has 0 saturated heterocycles. The lowest BCUT2D eigenvalue weighted by atomic mass is 9.97. The van der Waals surface area contributed by atoms with Crippen LogP contribution in [0, 0.1) is 0 Å². The van der Waals surface area contributed by atoms with E-state index in [-0.39, 0.29) is 11.5 Å². The summed E-state index contributed by atoms with van der Waals surface area (Å²) in [6, 6.07) is 11.3. The number of phenols is 2. The molecule has 0 amide bonds. The number of rotatable bonds is 2. The van der Waals surface area contributed by atoms with Crippen molar-refractivity contribution in [2.24, 2.45) is 0 Å². The van der Waals surface area contributed by atoms with Gasteiger partial charge in [-0.2, -0.15) is 0 Å². The van der Waals surface area contributed by atoms with Crippen LogP contribution < -0.4 is 9.80 Å². The van der Waals surface area contributed by atoms with Crippen LogP contribution in [0.4, 0.5) is 11.4 Å². The predicted octanol–water partition coefficient (Wildman–Crippen LogP) is 3.54. The van der Waals surface area contributed by atoms with Crippen molar-refractivity contribution in [3.8, 4) is 11.5 Å². The van der Waals surface area contributed by atoms with Crippen LogP contribution in [0.5, 0.6) is 11.5 Å². The largest absolute Gasteiger partial charge is 0.507 e. The van der Waals surface area contributed by atoms with E-state index in [9.17, 15) is 10.2 Å². The molecule has 0 bridgehead atoms. The van der Waals surface area contributed by atoms with Crippen LogP contribution in [-0.2, 0) is 0 Å². The van der Waals surface area contributed by atoms with Gasteiger partial charge in [0.2, 0.25) is 0 Å². The van der Waals surface area contributed by atoms with Crippen molar-refractivity contribution in [2.75, 3.05) is 38.0 Å². The SMILES string of the molecule is CN(C)c1ccc(N(C)C)c2c(O)c3ccccc3c(O)c12. The van der Waals surface area contributed by atoms with Gasteiger partial charge >= 0.3 is 0 Å². The molecule has 0 aliphatic heterocycles. The second kappa shape index (κ2) is 4.98. The molecule has 0 aromatic heterocycles. The van der Waals surface area contributed by atoms with E-state index in [1.807, 2.05) is 74.4 Å². The topological polar surface area (TPSA) is 46.9 Å². The van der Waals surface area contributed by atoms with Crippen LogP contribution in [0.15, 0.2) is 36.4 Å². The van der Waals surface area contributed by atoms with Gasteiger partial charge in [-0.1, -0.05) is 24.3 Å². The van der Waals surface area contributed by atoms with Crippen LogP contribution in [0.25, 0.3) is 21.5 Å². The zero-order valence-corrected chi connectivity index (χ0v) is 13.3. The summed E-state index contributed by atoms with van der Waals surface area (Å²) in [5.41, 5.74) is 1.75. The molecule has 3 rings (SSSR count). The van der Waals surface area contributed by atoms with Gasteiger partial charge in [0, 0.05) is 50.3 Å². The molecule has 3 aromatic rings. The lowest BCUT2D eigenvalue weighted by Gasteiger charge is -2.23. The Morgan fingerprint density at radius 2 is 1.00 bits per heavy atom. The molecule has 0 aliphatic carbocycles.